The largest absolute Gasteiger partial charge is 0.321 e. The summed E-state index contributed by atoms with van der Waals surface area (Å²) in [5, 5.41) is 11.6. The fourth-order valence-corrected chi connectivity index (χ4v) is 3.36. The summed E-state index contributed by atoms with van der Waals surface area (Å²) in [5.41, 5.74) is 1.33. The lowest BCUT2D eigenvalue weighted by molar-refractivity contribution is 0.103. The second kappa shape index (κ2) is 6.13. The number of nitrogens with zero attached hydrogens (tertiary/aromatic N) is 2. The predicted molar refractivity (Wildman–Crippen MR) is 84.4 cm³/mol. The predicted octanol–water partition coefficient (Wildman–Crippen LogP) is 1.95. The standard InChI is InChI=1S/C13H12N4O3S2/c1-8-11(21-13(15-8)17-22(2,19)20)12(18)16-10-5-3-4-9(6-10)7-14/h3-6H,1-2H3,(H,15,17)(H,16,18). The first-order valence-electron chi connectivity index (χ1n) is 6.05. The number of amides is 1. The van der Waals surface area contributed by atoms with Crippen molar-refractivity contribution in [1.82, 2.24) is 4.98 Å². The van der Waals surface area contributed by atoms with Crippen LogP contribution in [0.2, 0.25) is 0 Å². The number of hydrogen-bond acceptors (Lipinski definition) is 6. The fraction of sp³-hybridized carbons (Fsp3) is 0.154. The van der Waals surface area contributed by atoms with Crippen molar-refractivity contribution in [1.29, 1.82) is 5.26 Å². The molecule has 7 nitrogen and oxygen atoms in total. The Bertz CT molecular complexity index is 866. The van der Waals surface area contributed by atoms with Gasteiger partial charge in [0.2, 0.25) is 10.0 Å². The Labute approximate surface area is 131 Å². The number of aromatic nitrogens is 1. The molecule has 0 aliphatic rings. The number of benzene rings is 1. The van der Waals surface area contributed by atoms with Crippen molar-refractivity contribution < 1.29 is 13.2 Å². The van der Waals surface area contributed by atoms with Crippen LogP contribution in [0.5, 0.6) is 0 Å². The Balaban J connectivity index is 2.21. The maximum atomic E-state index is 12.2. The monoisotopic (exact) mass is 336 g/mol. The van der Waals surface area contributed by atoms with Crippen LogP contribution in [-0.2, 0) is 10.0 Å². The molecule has 0 atom stereocenters. The van der Waals surface area contributed by atoms with Gasteiger partial charge in [0.1, 0.15) is 4.88 Å². The molecule has 0 bridgehead atoms. The van der Waals surface area contributed by atoms with Gasteiger partial charge in [-0.2, -0.15) is 5.26 Å². The number of carbonyl (C=O) groups excluding carboxylic acids is 1. The van der Waals surface area contributed by atoms with Crippen LogP contribution in [0.15, 0.2) is 24.3 Å². The number of thiazole rings is 1. The Hall–Kier alpha value is -2.44. The first-order valence-corrected chi connectivity index (χ1v) is 8.76. The van der Waals surface area contributed by atoms with E-state index in [0.29, 0.717) is 21.8 Å². The lowest BCUT2D eigenvalue weighted by Crippen LogP contribution is -2.11. The number of aryl methyl sites for hydroxylation is 1. The summed E-state index contributed by atoms with van der Waals surface area (Å²) in [6.07, 6.45) is 1.01. The quantitative estimate of drug-likeness (QED) is 0.886. The van der Waals surface area contributed by atoms with Gasteiger partial charge in [-0.15, -0.1) is 0 Å². The zero-order valence-corrected chi connectivity index (χ0v) is 13.4. The van der Waals surface area contributed by atoms with Gasteiger partial charge in [-0.25, -0.2) is 13.4 Å². The summed E-state index contributed by atoms with van der Waals surface area (Å²) < 4.78 is 24.6. The van der Waals surface area contributed by atoms with E-state index in [0.717, 1.165) is 17.6 Å². The van der Waals surface area contributed by atoms with Gasteiger partial charge in [-0.3, -0.25) is 9.52 Å². The molecule has 9 heteroatoms. The van der Waals surface area contributed by atoms with E-state index in [9.17, 15) is 13.2 Å². The van der Waals surface area contributed by atoms with Crippen molar-refractivity contribution in [2.75, 3.05) is 16.3 Å². The van der Waals surface area contributed by atoms with Crippen LogP contribution in [0.4, 0.5) is 10.8 Å². The van der Waals surface area contributed by atoms with E-state index in [-0.39, 0.29) is 5.13 Å². The second-order valence-corrected chi connectivity index (χ2v) is 7.20. The van der Waals surface area contributed by atoms with Crippen LogP contribution in [0.1, 0.15) is 20.9 Å². The number of nitriles is 1. The molecule has 2 aromatic rings. The van der Waals surface area contributed by atoms with Crippen LogP contribution >= 0.6 is 11.3 Å². The van der Waals surface area contributed by atoms with Crippen molar-refractivity contribution in [3.8, 4) is 6.07 Å². The highest BCUT2D eigenvalue weighted by Crippen LogP contribution is 2.24. The summed E-state index contributed by atoms with van der Waals surface area (Å²) in [4.78, 5) is 16.5. The van der Waals surface area contributed by atoms with E-state index in [2.05, 4.69) is 15.0 Å². The van der Waals surface area contributed by atoms with Crippen LogP contribution in [0.3, 0.4) is 0 Å². The molecule has 114 valence electrons. The van der Waals surface area contributed by atoms with Crippen molar-refractivity contribution >= 4 is 38.1 Å². The molecule has 0 saturated carbocycles. The van der Waals surface area contributed by atoms with E-state index >= 15 is 0 Å². The number of rotatable bonds is 4. The first kappa shape index (κ1) is 15.9. The first-order chi connectivity index (χ1) is 10.3. The van der Waals surface area contributed by atoms with Gasteiger partial charge in [-0.1, -0.05) is 17.4 Å². The zero-order chi connectivity index (χ0) is 16.3. The molecule has 0 aliphatic heterocycles. The zero-order valence-electron chi connectivity index (χ0n) is 11.7. The molecule has 1 heterocycles. The average molecular weight is 336 g/mol. The minimum Gasteiger partial charge on any atom is -0.321 e. The molecule has 0 fully saturated rings. The maximum absolute atomic E-state index is 12.2. The molecule has 2 N–H and O–H groups in total. The van der Waals surface area contributed by atoms with Crippen molar-refractivity contribution in [2.24, 2.45) is 0 Å². The van der Waals surface area contributed by atoms with Gasteiger partial charge in [0.15, 0.2) is 5.13 Å². The average Bonchev–Trinajstić information content (AvgIpc) is 2.77. The molecule has 0 saturated heterocycles. The minimum atomic E-state index is -3.44. The van der Waals surface area contributed by atoms with Crippen molar-refractivity contribution in [3.05, 3.63) is 40.4 Å². The fourth-order valence-electron chi connectivity index (χ4n) is 1.66. The lowest BCUT2D eigenvalue weighted by Gasteiger charge is -2.03. The van der Waals surface area contributed by atoms with Gasteiger partial charge in [0, 0.05) is 5.69 Å². The Morgan fingerprint density at radius 1 is 1.41 bits per heavy atom. The van der Waals surface area contributed by atoms with Gasteiger partial charge in [0.25, 0.3) is 5.91 Å². The molecule has 1 amide bonds. The van der Waals surface area contributed by atoms with Crippen LogP contribution in [-0.4, -0.2) is 25.6 Å². The van der Waals surface area contributed by atoms with Gasteiger partial charge >= 0.3 is 0 Å². The van der Waals surface area contributed by atoms with Gasteiger partial charge in [-0.05, 0) is 25.1 Å². The van der Waals surface area contributed by atoms with E-state index in [1.54, 1.807) is 31.2 Å². The molecular weight excluding hydrogens is 324 g/mol. The second-order valence-electron chi connectivity index (χ2n) is 4.45. The highest BCUT2D eigenvalue weighted by atomic mass is 32.2. The highest BCUT2D eigenvalue weighted by Gasteiger charge is 2.17. The summed E-state index contributed by atoms with van der Waals surface area (Å²) >= 11 is 0.945. The molecule has 1 aromatic heterocycles. The third-order valence-electron chi connectivity index (χ3n) is 2.53. The number of hydrogen-bond donors (Lipinski definition) is 2. The number of carbonyl (C=O) groups is 1. The Morgan fingerprint density at radius 2 is 2.14 bits per heavy atom. The smallest absolute Gasteiger partial charge is 0.267 e. The van der Waals surface area contributed by atoms with Crippen molar-refractivity contribution in [2.45, 2.75) is 6.92 Å². The maximum Gasteiger partial charge on any atom is 0.267 e. The topological polar surface area (TPSA) is 112 Å². The molecule has 22 heavy (non-hydrogen) atoms. The van der Waals surface area contributed by atoms with Crippen LogP contribution < -0.4 is 10.0 Å². The third kappa shape index (κ3) is 4.03. The van der Waals surface area contributed by atoms with Gasteiger partial charge in [0.05, 0.1) is 23.6 Å². The molecule has 2 rings (SSSR count). The third-order valence-corrected chi connectivity index (χ3v) is 4.29. The lowest BCUT2D eigenvalue weighted by atomic mass is 10.2. The van der Waals surface area contributed by atoms with E-state index in [4.69, 9.17) is 5.26 Å². The Kier molecular flexibility index (Phi) is 4.44. The number of sulfonamides is 1. The minimum absolute atomic E-state index is 0.135. The van der Waals surface area contributed by atoms with E-state index in [1.165, 1.54) is 0 Å². The molecule has 1 aromatic carbocycles. The SMILES string of the molecule is Cc1nc(NS(C)(=O)=O)sc1C(=O)Nc1cccc(C#N)c1. The Morgan fingerprint density at radius 3 is 2.77 bits per heavy atom. The van der Waals surface area contributed by atoms with E-state index < -0.39 is 15.9 Å². The van der Waals surface area contributed by atoms with Gasteiger partial charge < -0.3 is 5.32 Å². The molecule has 0 spiro atoms. The summed E-state index contributed by atoms with van der Waals surface area (Å²) in [5.74, 6) is -0.411. The van der Waals surface area contributed by atoms with Crippen LogP contribution in [0.25, 0.3) is 0 Å². The summed E-state index contributed by atoms with van der Waals surface area (Å²) in [7, 11) is -3.44. The number of anilines is 2. The summed E-state index contributed by atoms with van der Waals surface area (Å²) in [6, 6.07) is 8.47. The van der Waals surface area contributed by atoms with E-state index in [1.807, 2.05) is 6.07 Å². The molecular formula is C13H12N4O3S2. The van der Waals surface area contributed by atoms with Crippen molar-refractivity contribution in [3.63, 3.8) is 0 Å². The summed E-state index contributed by atoms with van der Waals surface area (Å²) in [6.45, 7) is 1.62. The normalized spacial score (nSPS) is 10.8. The molecule has 0 unspecified atom stereocenters. The van der Waals surface area contributed by atoms with Crippen LogP contribution in [0, 0.1) is 18.3 Å². The number of nitrogens with one attached hydrogen (secondary N) is 2. The molecule has 0 aliphatic carbocycles. The molecule has 0 radical (unpaired) electrons. The highest BCUT2D eigenvalue weighted by molar-refractivity contribution is 7.92.